The number of hydrogen-bond donors (Lipinski definition) is 0. The van der Waals surface area contributed by atoms with Gasteiger partial charge in [0.2, 0.25) is 0 Å². The zero-order valence-electron chi connectivity index (χ0n) is 10.6. The molecule has 2 atom stereocenters. The van der Waals surface area contributed by atoms with Gasteiger partial charge in [-0.3, -0.25) is 9.79 Å². The Balaban J connectivity index is 1.78. The first kappa shape index (κ1) is 10.5. The maximum Gasteiger partial charge on any atom is 0.140 e. The van der Waals surface area contributed by atoms with Crippen molar-refractivity contribution in [2.24, 2.45) is 16.8 Å². The van der Waals surface area contributed by atoms with Crippen molar-refractivity contribution in [3.05, 3.63) is 23.5 Å². The lowest BCUT2D eigenvalue weighted by Crippen LogP contribution is -2.39. The first-order valence-electron chi connectivity index (χ1n) is 7.08. The number of nitrogens with zero attached hydrogens (tertiary/aromatic N) is 2. The molecule has 0 aromatic heterocycles. The molecule has 0 radical (unpaired) electrons. The fourth-order valence-corrected chi connectivity index (χ4v) is 3.88. The van der Waals surface area contributed by atoms with Crippen molar-refractivity contribution in [1.82, 2.24) is 4.90 Å². The molecule has 2 unspecified atom stereocenters. The fourth-order valence-electron chi connectivity index (χ4n) is 3.88. The van der Waals surface area contributed by atoms with Gasteiger partial charge in [-0.1, -0.05) is 6.08 Å². The first-order chi connectivity index (χ1) is 8.83. The van der Waals surface area contributed by atoms with Gasteiger partial charge in [-0.2, -0.15) is 0 Å². The van der Waals surface area contributed by atoms with E-state index in [0.29, 0.717) is 24.0 Å². The van der Waals surface area contributed by atoms with Crippen LogP contribution in [0.1, 0.15) is 32.1 Å². The molecule has 0 aromatic rings. The molecule has 1 saturated heterocycles. The van der Waals surface area contributed by atoms with Gasteiger partial charge in [0.05, 0.1) is 5.70 Å². The first-order valence-corrected chi connectivity index (χ1v) is 7.08. The van der Waals surface area contributed by atoms with Gasteiger partial charge in [-0.25, -0.2) is 0 Å². The number of piperidine rings is 1. The second-order valence-corrected chi connectivity index (χ2v) is 5.80. The van der Waals surface area contributed by atoms with Crippen LogP contribution in [0.5, 0.6) is 0 Å². The van der Waals surface area contributed by atoms with Crippen LogP contribution in [0.4, 0.5) is 0 Å². The molecule has 3 heteroatoms. The van der Waals surface area contributed by atoms with E-state index in [2.05, 4.69) is 17.1 Å². The van der Waals surface area contributed by atoms with E-state index in [0.717, 1.165) is 19.5 Å². The smallest absolute Gasteiger partial charge is 0.140 e. The summed E-state index contributed by atoms with van der Waals surface area (Å²) in [4.78, 5) is 19.0. The average Bonchev–Trinajstić information content (AvgIpc) is 2.78. The highest BCUT2D eigenvalue weighted by atomic mass is 16.1. The molecule has 0 amide bonds. The minimum absolute atomic E-state index is 0.389. The summed E-state index contributed by atoms with van der Waals surface area (Å²) < 4.78 is 0. The second-order valence-electron chi connectivity index (χ2n) is 5.80. The molecule has 0 N–H and O–H groups in total. The largest absolute Gasteiger partial charge is 0.373 e. The monoisotopic (exact) mass is 242 g/mol. The van der Waals surface area contributed by atoms with Crippen molar-refractivity contribution in [1.29, 1.82) is 0 Å². The van der Waals surface area contributed by atoms with Crippen LogP contribution < -0.4 is 0 Å². The normalized spacial score (nSPS) is 34.1. The van der Waals surface area contributed by atoms with Crippen LogP contribution in [0.2, 0.25) is 0 Å². The van der Waals surface area contributed by atoms with Crippen LogP contribution in [0.15, 0.2) is 28.5 Å². The summed E-state index contributed by atoms with van der Waals surface area (Å²) in [7, 11) is 0. The molecule has 0 bridgehead atoms. The average molecular weight is 242 g/mol. The molecule has 3 heterocycles. The van der Waals surface area contributed by atoms with Gasteiger partial charge in [-0.05, 0) is 25.3 Å². The molecular formula is C15H18N2O. The topological polar surface area (TPSA) is 32.7 Å². The molecular weight excluding hydrogens is 224 g/mol. The van der Waals surface area contributed by atoms with Crippen molar-refractivity contribution in [2.45, 2.75) is 32.1 Å². The van der Waals surface area contributed by atoms with Gasteiger partial charge in [0.15, 0.2) is 0 Å². The Morgan fingerprint density at radius 2 is 2.17 bits per heavy atom. The van der Waals surface area contributed by atoms with E-state index in [1.165, 1.54) is 36.4 Å². The third-order valence-electron chi connectivity index (χ3n) is 4.81. The van der Waals surface area contributed by atoms with E-state index < -0.39 is 0 Å². The molecule has 0 saturated carbocycles. The number of rotatable bonds is 0. The standard InChI is InChI=1S/C15H18N2O/c18-10-5-7-17-8-6-12-11-3-1-2-4-13(11)16-15(12)14(17)9-10/h2,4,11-12H,1,3,5-9H2. The molecule has 3 nitrogen and oxygen atoms in total. The van der Waals surface area contributed by atoms with Crippen LogP contribution in [0.25, 0.3) is 0 Å². The third-order valence-corrected chi connectivity index (χ3v) is 4.81. The minimum Gasteiger partial charge on any atom is -0.373 e. The fraction of sp³-hybridized carbons (Fsp3) is 0.600. The summed E-state index contributed by atoms with van der Waals surface area (Å²) in [6, 6.07) is 0. The Hall–Kier alpha value is -1.38. The number of ketones is 1. The number of hydrogen-bond acceptors (Lipinski definition) is 3. The number of Topliss-reactive ketones (excluding diaryl/α,β-unsaturated/α-hetero) is 1. The van der Waals surface area contributed by atoms with E-state index in [1.54, 1.807) is 0 Å². The minimum atomic E-state index is 0.389. The van der Waals surface area contributed by atoms with E-state index in [-0.39, 0.29) is 0 Å². The SMILES string of the molecule is O=C1CCN2CCC3C(=C2C1)N=C1C=CCCC13. The maximum atomic E-state index is 11.7. The van der Waals surface area contributed by atoms with Crippen LogP contribution in [0, 0.1) is 11.8 Å². The predicted molar refractivity (Wildman–Crippen MR) is 70.2 cm³/mol. The maximum absolute atomic E-state index is 11.7. The molecule has 1 aliphatic carbocycles. The van der Waals surface area contributed by atoms with Gasteiger partial charge in [0.1, 0.15) is 5.78 Å². The summed E-state index contributed by atoms with van der Waals surface area (Å²) in [5, 5.41) is 0. The van der Waals surface area contributed by atoms with E-state index in [9.17, 15) is 4.79 Å². The van der Waals surface area contributed by atoms with Crippen molar-refractivity contribution < 1.29 is 4.79 Å². The van der Waals surface area contributed by atoms with Crippen molar-refractivity contribution in [2.75, 3.05) is 13.1 Å². The summed E-state index contributed by atoms with van der Waals surface area (Å²) in [6.07, 6.45) is 9.44. The number of fused-ring (bicyclic) bond motifs is 4. The lowest BCUT2D eigenvalue weighted by molar-refractivity contribution is -0.120. The van der Waals surface area contributed by atoms with Gasteiger partial charge in [0.25, 0.3) is 0 Å². The molecule has 0 aromatic carbocycles. The quantitative estimate of drug-likeness (QED) is 0.653. The Labute approximate surface area is 107 Å². The molecule has 4 rings (SSSR count). The predicted octanol–water partition coefficient (Wildman–Crippen LogP) is 2.30. The van der Waals surface area contributed by atoms with Crippen molar-refractivity contribution in [3.63, 3.8) is 0 Å². The summed E-state index contributed by atoms with van der Waals surface area (Å²) in [5.41, 5.74) is 3.77. The molecule has 1 fully saturated rings. The van der Waals surface area contributed by atoms with Crippen LogP contribution in [-0.4, -0.2) is 29.5 Å². The van der Waals surface area contributed by atoms with Gasteiger partial charge in [-0.15, -0.1) is 0 Å². The molecule has 0 spiro atoms. The highest BCUT2D eigenvalue weighted by Crippen LogP contribution is 2.44. The van der Waals surface area contributed by atoms with Gasteiger partial charge < -0.3 is 4.90 Å². The summed E-state index contributed by atoms with van der Waals surface area (Å²) in [6.45, 7) is 2.04. The highest BCUT2D eigenvalue weighted by Gasteiger charge is 2.41. The Bertz CT molecular complexity index is 501. The molecule has 3 aliphatic heterocycles. The number of carbonyl (C=O) groups is 1. The molecule has 18 heavy (non-hydrogen) atoms. The zero-order valence-corrected chi connectivity index (χ0v) is 10.6. The van der Waals surface area contributed by atoms with Crippen molar-refractivity contribution >= 4 is 11.5 Å². The lowest BCUT2D eigenvalue weighted by Gasteiger charge is -2.38. The van der Waals surface area contributed by atoms with Gasteiger partial charge in [0, 0.05) is 49.2 Å². The van der Waals surface area contributed by atoms with Gasteiger partial charge >= 0.3 is 0 Å². The summed E-state index contributed by atoms with van der Waals surface area (Å²) >= 11 is 0. The molecule has 4 aliphatic rings. The molecule has 94 valence electrons. The zero-order chi connectivity index (χ0) is 12.1. The van der Waals surface area contributed by atoms with Crippen LogP contribution in [0.3, 0.4) is 0 Å². The highest BCUT2D eigenvalue weighted by molar-refractivity contribution is 6.00. The van der Waals surface area contributed by atoms with E-state index >= 15 is 0 Å². The van der Waals surface area contributed by atoms with Crippen LogP contribution >= 0.6 is 0 Å². The number of allylic oxidation sites excluding steroid dienone is 4. The Morgan fingerprint density at radius 3 is 3.11 bits per heavy atom. The lowest BCUT2D eigenvalue weighted by atomic mass is 9.78. The third kappa shape index (κ3) is 1.43. The Kier molecular flexibility index (Phi) is 2.23. The summed E-state index contributed by atoms with van der Waals surface area (Å²) in [5.74, 6) is 1.62. The van der Waals surface area contributed by atoms with E-state index in [1.807, 2.05) is 0 Å². The van der Waals surface area contributed by atoms with Crippen LogP contribution in [-0.2, 0) is 4.79 Å². The number of aliphatic imine (C=N–C) groups is 1. The van der Waals surface area contributed by atoms with Crippen molar-refractivity contribution in [3.8, 4) is 0 Å². The number of carbonyl (C=O) groups excluding carboxylic acids is 1. The second kappa shape index (κ2) is 3.81. The van der Waals surface area contributed by atoms with E-state index in [4.69, 9.17) is 4.99 Å². The Morgan fingerprint density at radius 1 is 1.22 bits per heavy atom.